The van der Waals surface area contributed by atoms with Gasteiger partial charge in [-0.2, -0.15) is 29.7 Å². The number of carbonyl (C=O) groups excluding carboxylic acids is 3. The van der Waals surface area contributed by atoms with Gasteiger partial charge in [-0.3, -0.25) is 9.98 Å². The van der Waals surface area contributed by atoms with E-state index in [-0.39, 0.29) is 45.6 Å². The first-order valence-corrected chi connectivity index (χ1v) is 34.8. The van der Waals surface area contributed by atoms with E-state index >= 15 is 4.39 Å². The number of rotatable bonds is 15. The summed E-state index contributed by atoms with van der Waals surface area (Å²) in [5.41, 5.74) is 16.0. The molecule has 2 aliphatic rings. The first-order valence-electron chi connectivity index (χ1n) is 32.3. The molecule has 0 aliphatic carbocycles. The molecule has 534 valence electrons. The van der Waals surface area contributed by atoms with Crippen LogP contribution in [0, 0.1) is 33.7 Å². The Bertz CT molecular complexity index is 3860. The molecule has 97 heavy (non-hydrogen) atoms. The van der Waals surface area contributed by atoms with E-state index in [2.05, 4.69) is 120 Å². The Balaban J connectivity index is 0.000000282. The van der Waals surface area contributed by atoms with Gasteiger partial charge in [0.25, 0.3) is 0 Å². The Labute approximate surface area is 614 Å². The van der Waals surface area contributed by atoms with Crippen LogP contribution in [0.5, 0.6) is 0 Å². The van der Waals surface area contributed by atoms with Crippen LogP contribution in [-0.2, 0) is 75.6 Å². The van der Waals surface area contributed by atoms with Gasteiger partial charge in [0.2, 0.25) is 0 Å². The van der Waals surface area contributed by atoms with Gasteiger partial charge in [-0.25, -0.2) is 27.6 Å². The second-order valence-corrected chi connectivity index (χ2v) is 32.6. The molecule has 1 saturated heterocycles. The molecule has 0 saturated carbocycles. The summed E-state index contributed by atoms with van der Waals surface area (Å²) in [7, 11) is 2.48. The molecule has 0 radical (unpaired) electrons. The van der Waals surface area contributed by atoms with Crippen molar-refractivity contribution in [3.05, 3.63) is 109 Å². The normalized spacial score (nSPS) is 16.8. The molecule has 3 aromatic carbocycles. The predicted octanol–water partition coefficient (Wildman–Crippen LogP) is 13.6. The van der Waals surface area contributed by atoms with Gasteiger partial charge >= 0.3 is 25.0 Å². The number of nitrogens with two attached hydrogens (primary N) is 3. The Morgan fingerprint density at radius 2 is 0.918 bits per heavy atom. The fraction of sp³-hybridized carbons (Fsp3) is 0.561. The first-order chi connectivity index (χ1) is 45.4. The van der Waals surface area contributed by atoms with Crippen LogP contribution in [-0.4, -0.2) is 115 Å². The van der Waals surface area contributed by atoms with Crippen LogP contribution in [0.3, 0.4) is 0 Å². The van der Waals surface area contributed by atoms with Crippen molar-refractivity contribution in [1.29, 1.82) is 0 Å². The van der Waals surface area contributed by atoms with Gasteiger partial charge in [0.15, 0.2) is 13.8 Å². The number of carbonyl (C=O) groups is 3. The maximum atomic E-state index is 15.1. The van der Waals surface area contributed by atoms with Gasteiger partial charge in [-0.05, 0) is 231 Å². The van der Waals surface area contributed by atoms with Crippen LogP contribution in [0.1, 0.15) is 172 Å². The molecular formula is C66H93BBr5F3N14O8. The summed E-state index contributed by atoms with van der Waals surface area (Å²) in [6, 6.07) is 13.5. The summed E-state index contributed by atoms with van der Waals surface area (Å²) in [6.45, 7) is 34.2. The zero-order chi connectivity index (χ0) is 76.6. The van der Waals surface area contributed by atoms with E-state index in [0.717, 1.165) is 9.24 Å². The fourth-order valence-electron chi connectivity index (χ4n) is 9.87. The number of nitrogens with zero attached hydrogens (tertiary/aromatic N) is 11. The molecule has 3 aromatic heterocycles. The van der Waals surface area contributed by atoms with Crippen LogP contribution in [0.2, 0.25) is 0 Å². The van der Waals surface area contributed by atoms with E-state index in [1.165, 1.54) is 34.0 Å². The molecule has 31 heteroatoms. The van der Waals surface area contributed by atoms with E-state index < -0.39 is 77.3 Å². The van der Waals surface area contributed by atoms with Crippen molar-refractivity contribution >= 4 is 119 Å². The highest BCUT2D eigenvalue weighted by Gasteiger charge is 2.53. The average molecular weight is 1680 g/mol. The molecule has 22 nitrogen and oxygen atoms in total. The third-order valence-corrected chi connectivity index (χ3v) is 18.4. The Morgan fingerprint density at radius 1 is 0.557 bits per heavy atom. The Hall–Kier alpha value is -5.12. The largest absolute Gasteiger partial charge is 0.497 e. The summed E-state index contributed by atoms with van der Waals surface area (Å²) in [5.74, 6) is -3.26. The lowest BCUT2D eigenvalue weighted by Gasteiger charge is -2.34. The third kappa shape index (κ3) is 23.7. The number of halogens is 8. The minimum atomic E-state index is -2.31. The van der Waals surface area contributed by atoms with Gasteiger partial charge < -0.3 is 40.7 Å². The van der Waals surface area contributed by atoms with Gasteiger partial charge in [0.05, 0.1) is 35.7 Å². The van der Waals surface area contributed by atoms with Crippen LogP contribution < -0.4 is 22.7 Å². The summed E-state index contributed by atoms with van der Waals surface area (Å²) in [6.07, 6.45) is 1.46. The van der Waals surface area contributed by atoms with E-state index in [1.807, 2.05) is 90.0 Å². The quantitative estimate of drug-likeness (QED) is 0.0489. The molecule has 0 bridgehead atoms. The summed E-state index contributed by atoms with van der Waals surface area (Å²) < 4.78 is 96.4. The smallest absolute Gasteiger partial charge is 0.461 e. The molecule has 1 fully saturated rings. The lowest BCUT2D eigenvalue weighted by atomic mass is 9.73. The minimum absolute atomic E-state index is 0.259. The van der Waals surface area contributed by atoms with E-state index in [1.54, 1.807) is 92.0 Å². The van der Waals surface area contributed by atoms with Crippen LogP contribution in [0.15, 0.2) is 84.6 Å². The van der Waals surface area contributed by atoms with Gasteiger partial charge in [0.1, 0.15) is 61.4 Å². The molecule has 6 N–H and O–H groups in total. The van der Waals surface area contributed by atoms with E-state index in [9.17, 15) is 23.2 Å². The van der Waals surface area contributed by atoms with Crippen molar-refractivity contribution < 1.29 is 55.2 Å². The topological polar surface area (TPSA) is 292 Å². The number of aromatic nitrogens is 9. The highest BCUT2D eigenvalue weighted by Crippen LogP contribution is 2.41. The number of benzene rings is 3. The standard InChI is InChI=1S/C22H35BFNO4.C19H26BrFN4O2.C19H27FN4O2.C3H3Br2N3.C3H2Br2N2/c1-14(2)27-18(26)22(25,13-19(3,4)5)15-10-11-16(17(24)12-15)23-28-20(6,7)21(8,9)29-23;1-11(2)27-17(26)19(22,10-18(3,4)5)12-7-8-13(14(21)9-12)15-16(20)24-25(6)23-15;1-12(2)26-17(25)19(21,11-18(3,4)5)13-7-8-14(15(20)9-13)16-10-22-24(6)23-16;1-8-6-2(4)3(5)7-8;4-2-3(5)7-1-6-2/h10-12,14H,13,25H2,1-9H3;7-9,11H,10,22H2,1-6H3;7-10,12H,11,21H2,1-6H3;1H3;1H2/t22-;2*19-;;/m111../s1/i;;;1D3;. The zero-order valence-corrected chi connectivity index (χ0v) is 66.8. The number of aliphatic imine (C=N–C) groups is 2. The van der Waals surface area contributed by atoms with Crippen LogP contribution >= 0.6 is 79.6 Å². The maximum absolute atomic E-state index is 15.1. The number of esters is 3. The highest BCUT2D eigenvalue weighted by atomic mass is 79.9. The van der Waals surface area contributed by atoms with Crippen molar-refractivity contribution in [2.45, 2.75) is 197 Å². The highest BCUT2D eigenvalue weighted by molar-refractivity contribution is 9.25. The van der Waals surface area contributed by atoms with Gasteiger partial charge in [0, 0.05) is 41.8 Å². The average Bonchev–Trinajstić information content (AvgIpc) is 1.42. The molecule has 6 aromatic rings. The van der Waals surface area contributed by atoms with Crippen molar-refractivity contribution in [1.82, 2.24) is 45.0 Å². The van der Waals surface area contributed by atoms with E-state index in [4.69, 9.17) is 44.8 Å². The monoisotopic (exact) mass is 1680 g/mol. The number of hydrogen-bond donors (Lipinski definition) is 3. The summed E-state index contributed by atoms with van der Waals surface area (Å²) in [5, 5.41) is 23.5. The third-order valence-electron chi connectivity index (χ3n) is 14.5. The van der Waals surface area contributed by atoms with Crippen molar-refractivity contribution in [3.8, 4) is 22.5 Å². The SMILES string of the molecule is BrC1=NCN=C1Br.CC(C)OC(=O)[C@@](N)(CC(C)(C)C)c1ccc(-c2cnn(C)n2)c(F)c1.CC(C)OC(=O)[C@@](N)(CC(C)(C)C)c1ccc(-c2nn(C)nc2Br)c(F)c1.CC(C)OC(=O)[C@@](N)(CC(C)(C)C)c1ccc(B2OC(C)(C)C(C)(C)O2)c(F)c1.[2H]C([2H])([2H])n1nc(Br)c(Br)n1. The number of aryl methyl sites for hydroxylation is 3. The van der Waals surface area contributed by atoms with Crippen LogP contribution in [0.4, 0.5) is 13.2 Å². The van der Waals surface area contributed by atoms with Crippen LogP contribution in [0.25, 0.3) is 22.5 Å². The van der Waals surface area contributed by atoms with Gasteiger partial charge in [-0.1, -0.05) is 86.6 Å². The number of ether oxygens (including phenoxy) is 3. The second-order valence-electron chi connectivity index (χ2n) is 28.9. The van der Waals surface area contributed by atoms with Gasteiger partial charge in [-0.15, -0.1) is 15.3 Å². The van der Waals surface area contributed by atoms with Crippen molar-refractivity contribution in [2.24, 2.45) is 64.5 Å². The molecule has 3 atom stereocenters. The lowest BCUT2D eigenvalue weighted by molar-refractivity contribution is -0.156. The molecule has 0 amide bonds. The van der Waals surface area contributed by atoms with Crippen molar-refractivity contribution in [2.75, 3.05) is 6.67 Å². The second kappa shape index (κ2) is 33.6. The Morgan fingerprint density at radius 3 is 1.20 bits per heavy atom. The molecule has 5 heterocycles. The Kier molecular flexibility index (Phi) is 27.4. The first kappa shape index (κ1) is 79.2. The zero-order valence-electron chi connectivity index (χ0n) is 61.9. The molecule has 0 unspecified atom stereocenters. The summed E-state index contributed by atoms with van der Waals surface area (Å²) >= 11 is 15.7. The minimum Gasteiger partial charge on any atom is -0.461 e. The van der Waals surface area contributed by atoms with Crippen molar-refractivity contribution in [3.63, 3.8) is 0 Å². The lowest BCUT2D eigenvalue weighted by Crippen LogP contribution is -2.49. The summed E-state index contributed by atoms with van der Waals surface area (Å²) in [4.78, 5) is 49.5. The predicted molar refractivity (Wildman–Crippen MR) is 390 cm³/mol. The molecular weight excluding hydrogens is 1580 g/mol. The maximum Gasteiger partial charge on any atom is 0.497 e. The number of hydrogen-bond acceptors (Lipinski definition) is 19. The molecule has 2 aliphatic heterocycles. The fourth-order valence-corrected chi connectivity index (χ4v) is 11.3. The van der Waals surface area contributed by atoms with E-state index in [0.29, 0.717) is 78.2 Å². The molecule has 0 spiro atoms. The molecule has 8 rings (SSSR count).